The Bertz CT molecular complexity index is 1510. The summed E-state index contributed by atoms with van der Waals surface area (Å²) in [5.74, 6) is 2.50. The number of aromatic amines is 1. The molecule has 0 amide bonds. The van der Waals surface area contributed by atoms with Gasteiger partial charge in [0, 0.05) is 11.9 Å². The van der Waals surface area contributed by atoms with Crippen LogP contribution in [-0.4, -0.2) is 34.5 Å². The van der Waals surface area contributed by atoms with Crippen LogP contribution in [0.5, 0.6) is 0 Å². The van der Waals surface area contributed by atoms with Crippen molar-refractivity contribution in [2.24, 2.45) is 0 Å². The van der Waals surface area contributed by atoms with E-state index in [-0.39, 0.29) is 0 Å². The van der Waals surface area contributed by atoms with Crippen LogP contribution in [0.15, 0.2) is 85.3 Å². The highest BCUT2D eigenvalue weighted by atomic mass is 15.2. The normalized spacial score (nSPS) is 11.2. The van der Waals surface area contributed by atoms with Gasteiger partial charge in [-0.25, -0.2) is 15.0 Å². The monoisotopic (exact) mass is 433 g/mol. The minimum absolute atomic E-state index is 0.422. The van der Waals surface area contributed by atoms with Crippen LogP contribution in [0.3, 0.4) is 0 Å². The summed E-state index contributed by atoms with van der Waals surface area (Å²) in [5, 5.41) is 6.56. The Kier molecular flexibility index (Phi) is 4.62. The van der Waals surface area contributed by atoms with E-state index in [0.717, 1.165) is 22.5 Å². The van der Waals surface area contributed by atoms with E-state index in [1.54, 1.807) is 12.5 Å². The highest BCUT2D eigenvalue weighted by Crippen LogP contribution is 2.25. The van der Waals surface area contributed by atoms with Gasteiger partial charge in [0.1, 0.15) is 18.0 Å². The quantitative estimate of drug-likeness (QED) is 0.356. The highest BCUT2D eigenvalue weighted by molar-refractivity contribution is 5.86. The fraction of sp³-hybridized carbons (Fsp3) is 0.0417. The van der Waals surface area contributed by atoms with E-state index in [2.05, 4.69) is 35.6 Å². The first kappa shape index (κ1) is 18.9. The zero-order chi connectivity index (χ0) is 22.0. The summed E-state index contributed by atoms with van der Waals surface area (Å²) in [4.78, 5) is 26.3. The molecule has 9 nitrogen and oxygen atoms in total. The Morgan fingerprint density at radius 1 is 0.818 bits per heavy atom. The van der Waals surface area contributed by atoms with Gasteiger partial charge in [0.2, 0.25) is 5.95 Å². The molecule has 6 aromatic rings. The van der Waals surface area contributed by atoms with E-state index >= 15 is 0 Å². The number of nitrogens with one attached hydrogen (secondary N) is 3. The number of hydrogen-bond donors (Lipinski definition) is 3. The third-order valence-corrected chi connectivity index (χ3v) is 5.20. The smallest absolute Gasteiger partial charge is 0.232 e. The van der Waals surface area contributed by atoms with Gasteiger partial charge in [-0.15, -0.1) is 0 Å². The fourth-order valence-electron chi connectivity index (χ4n) is 3.66. The highest BCUT2D eigenvalue weighted by Gasteiger charge is 2.15. The molecular formula is C24H19N9. The molecule has 0 bridgehead atoms. The van der Waals surface area contributed by atoms with Gasteiger partial charge in [-0.2, -0.15) is 9.97 Å². The molecule has 2 aromatic carbocycles. The largest absolute Gasteiger partial charge is 0.361 e. The van der Waals surface area contributed by atoms with Crippen LogP contribution in [0.1, 0.15) is 5.82 Å². The summed E-state index contributed by atoms with van der Waals surface area (Å²) >= 11 is 0. The lowest BCUT2D eigenvalue weighted by atomic mass is 10.3. The van der Waals surface area contributed by atoms with Crippen molar-refractivity contribution >= 4 is 39.8 Å². The predicted molar refractivity (Wildman–Crippen MR) is 128 cm³/mol. The van der Waals surface area contributed by atoms with Crippen molar-refractivity contribution in [1.29, 1.82) is 0 Å². The number of anilines is 3. The van der Waals surface area contributed by atoms with Crippen LogP contribution in [-0.2, 0) is 6.54 Å². The van der Waals surface area contributed by atoms with Crippen molar-refractivity contribution in [2.75, 3.05) is 10.6 Å². The number of pyridine rings is 1. The molecule has 0 spiro atoms. The molecule has 0 saturated carbocycles. The van der Waals surface area contributed by atoms with Crippen LogP contribution in [0.25, 0.3) is 27.9 Å². The summed E-state index contributed by atoms with van der Waals surface area (Å²) in [5.41, 5.74) is 4.23. The van der Waals surface area contributed by atoms with Crippen LogP contribution in [0.2, 0.25) is 0 Å². The molecule has 6 rings (SSSR count). The van der Waals surface area contributed by atoms with Gasteiger partial charge in [-0.05, 0) is 36.4 Å². The average molecular weight is 433 g/mol. The number of fused-ring (bicyclic) bond motifs is 2. The number of aromatic nitrogens is 7. The lowest BCUT2D eigenvalue weighted by Gasteiger charge is -2.10. The Morgan fingerprint density at radius 2 is 1.67 bits per heavy atom. The number of hydrogen-bond acceptors (Lipinski definition) is 7. The summed E-state index contributed by atoms with van der Waals surface area (Å²) in [6, 6.07) is 23.5. The maximum atomic E-state index is 4.73. The zero-order valence-corrected chi connectivity index (χ0v) is 17.5. The maximum Gasteiger partial charge on any atom is 0.232 e. The molecule has 160 valence electrons. The lowest BCUT2D eigenvalue weighted by Crippen LogP contribution is -2.08. The zero-order valence-electron chi connectivity index (χ0n) is 17.5. The minimum atomic E-state index is 0.422. The summed E-state index contributed by atoms with van der Waals surface area (Å²) in [7, 11) is 0. The molecule has 0 saturated heterocycles. The summed E-state index contributed by atoms with van der Waals surface area (Å²) < 4.78 is 1.94. The van der Waals surface area contributed by atoms with E-state index in [4.69, 9.17) is 4.98 Å². The molecule has 0 aliphatic heterocycles. The first-order chi connectivity index (χ1) is 16.3. The van der Waals surface area contributed by atoms with Crippen molar-refractivity contribution < 1.29 is 0 Å². The molecule has 0 aliphatic rings. The van der Waals surface area contributed by atoms with E-state index in [9.17, 15) is 0 Å². The van der Waals surface area contributed by atoms with Gasteiger partial charge in [0.15, 0.2) is 17.0 Å². The van der Waals surface area contributed by atoms with E-state index in [0.29, 0.717) is 35.3 Å². The molecule has 4 heterocycles. The van der Waals surface area contributed by atoms with Gasteiger partial charge in [-0.1, -0.05) is 36.4 Å². The number of imidazole rings is 2. The topological polar surface area (TPSA) is 109 Å². The molecule has 3 N–H and O–H groups in total. The number of H-pyrrole nitrogens is 1. The van der Waals surface area contributed by atoms with Gasteiger partial charge in [-0.3, -0.25) is 4.57 Å². The second-order valence-corrected chi connectivity index (χ2v) is 7.41. The van der Waals surface area contributed by atoms with E-state index in [1.807, 2.05) is 77.4 Å². The number of para-hydroxylation sites is 3. The predicted octanol–water partition coefficient (Wildman–Crippen LogP) is 4.44. The molecule has 0 unspecified atom stereocenters. The molecule has 0 radical (unpaired) electrons. The standard InChI is InChI=1S/C24H19N9/c1-2-8-16(9-3-1)33-15-27-21-22(26-14-20-28-17-10-4-5-11-18(17)29-20)31-24(32-23(21)33)30-19-12-6-7-13-25-19/h1-13,15H,14H2,(H,28,29)(H2,25,26,30,31,32). The maximum absolute atomic E-state index is 4.73. The molecule has 9 heteroatoms. The molecule has 0 aliphatic carbocycles. The van der Waals surface area contributed by atoms with Crippen molar-refractivity contribution in [1.82, 2.24) is 34.5 Å². The Morgan fingerprint density at radius 3 is 2.52 bits per heavy atom. The van der Waals surface area contributed by atoms with Crippen LogP contribution < -0.4 is 10.6 Å². The molecule has 0 fully saturated rings. The number of nitrogens with zero attached hydrogens (tertiary/aromatic N) is 6. The first-order valence-electron chi connectivity index (χ1n) is 10.5. The minimum Gasteiger partial charge on any atom is -0.361 e. The third-order valence-electron chi connectivity index (χ3n) is 5.20. The number of benzene rings is 2. The summed E-state index contributed by atoms with van der Waals surface area (Å²) in [6.07, 6.45) is 3.47. The third kappa shape index (κ3) is 3.72. The Hall–Kier alpha value is -4.79. The molecule has 33 heavy (non-hydrogen) atoms. The molecule has 0 atom stereocenters. The van der Waals surface area contributed by atoms with Crippen LogP contribution >= 0.6 is 0 Å². The average Bonchev–Trinajstić information content (AvgIpc) is 3.48. The van der Waals surface area contributed by atoms with Gasteiger partial charge < -0.3 is 15.6 Å². The lowest BCUT2D eigenvalue weighted by molar-refractivity contribution is 0.995. The Balaban J connectivity index is 1.40. The van der Waals surface area contributed by atoms with Crippen molar-refractivity contribution in [3.63, 3.8) is 0 Å². The van der Waals surface area contributed by atoms with Crippen LogP contribution in [0.4, 0.5) is 17.6 Å². The van der Waals surface area contributed by atoms with Gasteiger partial charge in [0.25, 0.3) is 0 Å². The SMILES string of the molecule is c1ccc(-n2cnc3c(NCc4nc5ccccc5[nH]4)nc(Nc4ccccn4)nc32)cc1. The number of rotatable bonds is 6. The molecular weight excluding hydrogens is 414 g/mol. The van der Waals surface area contributed by atoms with Gasteiger partial charge >= 0.3 is 0 Å². The molecule has 4 aromatic heterocycles. The van der Waals surface area contributed by atoms with Gasteiger partial charge in [0.05, 0.1) is 17.6 Å². The van der Waals surface area contributed by atoms with Crippen molar-refractivity contribution in [3.05, 3.63) is 91.1 Å². The first-order valence-corrected chi connectivity index (χ1v) is 10.5. The fourth-order valence-corrected chi connectivity index (χ4v) is 3.66. The van der Waals surface area contributed by atoms with Crippen LogP contribution in [0, 0.1) is 0 Å². The second kappa shape index (κ2) is 8.04. The van der Waals surface area contributed by atoms with Crippen molar-refractivity contribution in [2.45, 2.75) is 6.54 Å². The second-order valence-electron chi connectivity index (χ2n) is 7.41. The van der Waals surface area contributed by atoms with E-state index in [1.165, 1.54) is 0 Å². The summed E-state index contributed by atoms with van der Waals surface area (Å²) in [6.45, 7) is 0.460. The Labute approximate surface area is 188 Å². The van der Waals surface area contributed by atoms with Crippen molar-refractivity contribution in [3.8, 4) is 5.69 Å². The van der Waals surface area contributed by atoms with E-state index < -0.39 is 0 Å².